The molecular weight excluding hydrogens is 406 g/mol. The fourth-order valence-corrected chi connectivity index (χ4v) is 3.44. The number of Topliss-reactive ketones (excluding diaryl/α,β-unsaturated/α-hetero) is 1. The Morgan fingerprint density at radius 3 is 2.33 bits per heavy atom. The van der Waals surface area contributed by atoms with Crippen LogP contribution in [0, 0.1) is 0 Å². The predicted octanol–water partition coefficient (Wildman–Crippen LogP) is 5.98. The van der Waals surface area contributed by atoms with Crippen LogP contribution in [0.15, 0.2) is 53.0 Å². The first-order chi connectivity index (χ1) is 12.7. The molecule has 0 saturated heterocycles. The lowest BCUT2D eigenvalue weighted by molar-refractivity contribution is 0.0540. The highest BCUT2D eigenvalue weighted by molar-refractivity contribution is 9.10. The second-order valence-corrected chi connectivity index (χ2v) is 8.41. The standard InChI is InChI=1S/C22H22BrNO3/c1-14(25)16-10-8-15(9-11-16)12-17-13-18-19(23)6-5-7-20(18)24(17)21(26)27-22(2,3)4/h5-11,13H,12H2,1-4H3. The average molecular weight is 428 g/mol. The number of nitrogens with zero attached hydrogens (tertiary/aromatic N) is 1. The van der Waals surface area contributed by atoms with E-state index in [-0.39, 0.29) is 5.78 Å². The minimum absolute atomic E-state index is 0.0355. The number of halogens is 1. The van der Waals surface area contributed by atoms with E-state index in [9.17, 15) is 9.59 Å². The fraction of sp³-hybridized carbons (Fsp3) is 0.273. The Bertz CT molecular complexity index is 1010. The summed E-state index contributed by atoms with van der Waals surface area (Å²) in [7, 11) is 0. The maximum Gasteiger partial charge on any atom is 0.419 e. The van der Waals surface area contributed by atoms with Gasteiger partial charge in [0.1, 0.15) is 5.60 Å². The molecule has 0 spiro atoms. The summed E-state index contributed by atoms with van der Waals surface area (Å²) in [5, 5.41) is 0.957. The van der Waals surface area contributed by atoms with Gasteiger partial charge in [0.15, 0.2) is 5.78 Å². The van der Waals surface area contributed by atoms with Crippen LogP contribution in [0.5, 0.6) is 0 Å². The second-order valence-electron chi connectivity index (χ2n) is 7.55. The van der Waals surface area contributed by atoms with Crippen molar-refractivity contribution in [2.45, 2.75) is 39.7 Å². The van der Waals surface area contributed by atoms with E-state index in [1.165, 1.54) is 0 Å². The number of aromatic nitrogens is 1. The molecule has 0 amide bonds. The van der Waals surface area contributed by atoms with Crippen LogP contribution in [0.2, 0.25) is 0 Å². The smallest absolute Gasteiger partial charge is 0.419 e. The summed E-state index contributed by atoms with van der Waals surface area (Å²) in [6.45, 7) is 7.11. The molecule has 1 heterocycles. The number of hydrogen-bond donors (Lipinski definition) is 0. The fourth-order valence-electron chi connectivity index (χ4n) is 2.97. The Hall–Kier alpha value is -2.40. The number of carbonyl (C=O) groups is 2. The molecule has 0 atom stereocenters. The Morgan fingerprint density at radius 2 is 1.74 bits per heavy atom. The molecule has 0 aliphatic rings. The van der Waals surface area contributed by atoms with Crippen LogP contribution in [0.25, 0.3) is 10.9 Å². The van der Waals surface area contributed by atoms with Crippen LogP contribution in [-0.4, -0.2) is 22.0 Å². The van der Waals surface area contributed by atoms with E-state index in [1.54, 1.807) is 11.5 Å². The van der Waals surface area contributed by atoms with Crippen molar-refractivity contribution in [1.82, 2.24) is 4.57 Å². The van der Waals surface area contributed by atoms with Crippen LogP contribution < -0.4 is 0 Å². The van der Waals surface area contributed by atoms with Crippen LogP contribution in [-0.2, 0) is 11.2 Å². The van der Waals surface area contributed by atoms with Gasteiger partial charge in [-0.1, -0.05) is 46.3 Å². The van der Waals surface area contributed by atoms with Gasteiger partial charge in [-0.25, -0.2) is 9.36 Å². The van der Waals surface area contributed by atoms with Crippen molar-refractivity contribution in [2.75, 3.05) is 0 Å². The molecule has 1 aromatic heterocycles. The predicted molar refractivity (Wildman–Crippen MR) is 111 cm³/mol. The van der Waals surface area contributed by atoms with Crippen molar-refractivity contribution in [2.24, 2.45) is 0 Å². The Balaban J connectivity index is 2.05. The molecule has 0 aliphatic carbocycles. The van der Waals surface area contributed by atoms with Crippen molar-refractivity contribution in [1.29, 1.82) is 0 Å². The van der Waals surface area contributed by atoms with E-state index >= 15 is 0 Å². The van der Waals surface area contributed by atoms with Crippen LogP contribution in [0.1, 0.15) is 49.3 Å². The van der Waals surface area contributed by atoms with Gasteiger partial charge < -0.3 is 4.74 Å². The highest BCUT2D eigenvalue weighted by Crippen LogP contribution is 2.29. The molecule has 4 nitrogen and oxygen atoms in total. The van der Waals surface area contributed by atoms with E-state index in [0.717, 1.165) is 26.6 Å². The first-order valence-electron chi connectivity index (χ1n) is 8.78. The first-order valence-corrected chi connectivity index (χ1v) is 9.57. The van der Waals surface area contributed by atoms with Gasteiger partial charge in [-0.2, -0.15) is 0 Å². The Morgan fingerprint density at radius 1 is 1.07 bits per heavy atom. The van der Waals surface area contributed by atoms with Gasteiger partial charge in [-0.15, -0.1) is 0 Å². The van der Waals surface area contributed by atoms with Crippen LogP contribution in [0.3, 0.4) is 0 Å². The maximum absolute atomic E-state index is 12.9. The van der Waals surface area contributed by atoms with E-state index < -0.39 is 11.7 Å². The SMILES string of the molecule is CC(=O)c1ccc(Cc2cc3c(Br)cccc3n2C(=O)OC(C)(C)C)cc1. The third-order valence-corrected chi connectivity index (χ3v) is 4.88. The molecule has 0 fully saturated rings. The van der Waals surface area contributed by atoms with Crippen molar-refractivity contribution < 1.29 is 14.3 Å². The van der Waals surface area contributed by atoms with Gasteiger partial charge >= 0.3 is 6.09 Å². The summed E-state index contributed by atoms with van der Waals surface area (Å²) >= 11 is 3.56. The van der Waals surface area contributed by atoms with Crippen molar-refractivity contribution >= 4 is 38.7 Å². The van der Waals surface area contributed by atoms with Gasteiger partial charge in [0.05, 0.1) is 5.52 Å². The summed E-state index contributed by atoms with van der Waals surface area (Å²) in [6, 6.07) is 15.2. The number of rotatable bonds is 3. The number of hydrogen-bond acceptors (Lipinski definition) is 3. The zero-order valence-corrected chi connectivity index (χ0v) is 17.5. The number of fused-ring (bicyclic) bond motifs is 1. The summed E-state index contributed by atoms with van der Waals surface area (Å²) in [4.78, 5) is 24.4. The largest absolute Gasteiger partial charge is 0.443 e. The first kappa shape index (κ1) is 19.4. The lowest BCUT2D eigenvalue weighted by Crippen LogP contribution is -2.28. The Labute approximate surface area is 167 Å². The second kappa shape index (κ2) is 7.31. The highest BCUT2D eigenvalue weighted by atomic mass is 79.9. The summed E-state index contributed by atoms with van der Waals surface area (Å²) in [5.41, 5.74) is 2.74. The van der Waals surface area contributed by atoms with E-state index in [4.69, 9.17) is 4.74 Å². The lowest BCUT2D eigenvalue weighted by atomic mass is 10.1. The van der Waals surface area contributed by atoms with E-state index in [1.807, 2.05) is 69.3 Å². The zero-order valence-electron chi connectivity index (χ0n) is 15.9. The van der Waals surface area contributed by atoms with Crippen molar-refractivity contribution in [3.05, 3.63) is 69.8 Å². The molecular formula is C22H22BrNO3. The molecule has 0 saturated carbocycles. The molecule has 5 heteroatoms. The van der Waals surface area contributed by atoms with E-state index in [0.29, 0.717) is 12.0 Å². The van der Waals surface area contributed by atoms with Gasteiger partial charge in [0.2, 0.25) is 0 Å². The molecule has 0 aliphatic heterocycles. The van der Waals surface area contributed by atoms with Crippen LogP contribution >= 0.6 is 15.9 Å². The average Bonchev–Trinajstić information content (AvgIpc) is 2.93. The van der Waals surface area contributed by atoms with Crippen LogP contribution in [0.4, 0.5) is 4.79 Å². The van der Waals surface area contributed by atoms with Crippen molar-refractivity contribution in [3.8, 4) is 0 Å². The topological polar surface area (TPSA) is 48.3 Å². The number of carbonyl (C=O) groups excluding carboxylic acids is 2. The van der Waals surface area contributed by atoms with Gasteiger partial charge in [0, 0.05) is 27.5 Å². The molecule has 0 unspecified atom stereocenters. The molecule has 3 rings (SSSR count). The Kier molecular flexibility index (Phi) is 5.24. The summed E-state index contributed by atoms with van der Waals surface area (Å²) in [5.74, 6) is 0.0355. The summed E-state index contributed by atoms with van der Waals surface area (Å²) in [6.07, 6.45) is 0.157. The molecule has 140 valence electrons. The molecule has 0 N–H and O–H groups in total. The van der Waals surface area contributed by atoms with Gasteiger partial charge in [-0.3, -0.25) is 4.79 Å². The van der Waals surface area contributed by atoms with E-state index in [2.05, 4.69) is 15.9 Å². The minimum atomic E-state index is -0.583. The molecule has 27 heavy (non-hydrogen) atoms. The normalized spacial score (nSPS) is 11.6. The highest BCUT2D eigenvalue weighted by Gasteiger charge is 2.22. The van der Waals surface area contributed by atoms with Gasteiger partial charge in [0.25, 0.3) is 0 Å². The lowest BCUT2D eigenvalue weighted by Gasteiger charge is -2.21. The molecule has 3 aromatic rings. The monoisotopic (exact) mass is 427 g/mol. The zero-order chi connectivity index (χ0) is 19.8. The minimum Gasteiger partial charge on any atom is -0.443 e. The molecule has 0 radical (unpaired) electrons. The summed E-state index contributed by atoms with van der Waals surface area (Å²) < 4.78 is 8.18. The van der Waals surface area contributed by atoms with Crippen molar-refractivity contribution in [3.63, 3.8) is 0 Å². The quantitative estimate of drug-likeness (QED) is 0.482. The molecule has 2 aromatic carbocycles. The molecule has 0 bridgehead atoms. The van der Waals surface area contributed by atoms with Gasteiger partial charge in [-0.05, 0) is 51.5 Å². The maximum atomic E-state index is 12.9. The number of ketones is 1. The third-order valence-electron chi connectivity index (χ3n) is 4.19. The number of ether oxygens (including phenoxy) is 1. The third kappa shape index (κ3) is 4.30. The number of benzene rings is 2.